The van der Waals surface area contributed by atoms with Crippen LogP contribution in [0, 0.1) is 11.8 Å². The van der Waals surface area contributed by atoms with Crippen LogP contribution >= 0.6 is 0 Å². The molecule has 3 unspecified atom stereocenters. The summed E-state index contributed by atoms with van der Waals surface area (Å²) in [6.45, 7) is 2.18. The van der Waals surface area contributed by atoms with Crippen LogP contribution in [0.1, 0.15) is 32.2 Å². The van der Waals surface area contributed by atoms with E-state index in [-0.39, 0.29) is 12.1 Å². The predicted octanol–water partition coefficient (Wildman–Crippen LogP) is 4.27. The van der Waals surface area contributed by atoms with Crippen LogP contribution in [-0.2, 0) is 0 Å². The molecule has 0 fully saturated rings. The third-order valence-corrected chi connectivity index (χ3v) is 6.50. The lowest BCUT2D eigenvalue weighted by Gasteiger charge is -2.20. The summed E-state index contributed by atoms with van der Waals surface area (Å²) in [4.78, 5) is 13.0. The number of hydrogen-bond acceptors (Lipinski definition) is 7. The van der Waals surface area contributed by atoms with E-state index in [2.05, 4.69) is 40.1 Å². The standard InChI is InChI=1S/C23H23N7O/c1-12(2-3-13-8-14-4-5-15(14)9-13)30-22-19(21(24)26-11-27-22)20(29-30)16-6-7-18-17(10-16)28-23(25)31-18/h4-8,10-12,14-15H,2-3,9H2,1H3,(H2,25,28)(H2,24,26,27). The molecule has 3 aromatic heterocycles. The van der Waals surface area contributed by atoms with Gasteiger partial charge in [0.2, 0.25) is 0 Å². The van der Waals surface area contributed by atoms with Crippen LogP contribution in [0.15, 0.2) is 52.7 Å². The highest BCUT2D eigenvalue weighted by atomic mass is 16.4. The number of aromatic nitrogens is 5. The van der Waals surface area contributed by atoms with Gasteiger partial charge in [0.25, 0.3) is 6.01 Å². The van der Waals surface area contributed by atoms with Gasteiger partial charge in [0.05, 0.1) is 11.4 Å². The highest BCUT2D eigenvalue weighted by Crippen LogP contribution is 2.41. The number of nitrogens with zero attached hydrogens (tertiary/aromatic N) is 5. The molecule has 4 aromatic rings. The number of benzene rings is 1. The second kappa shape index (κ2) is 6.66. The lowest BCUT2D eigenvalue weighted by Crippen LogP contribution is -2.10. The molecule has 0 saturated heterocycles. The molecule has 4 N–H and O–H groups in total. The fraction of sp³-hybridized carbons (Fsp3) is 0.304. The molecule has 31 heavy (non-hydrogen) atoms. The molecule has 2 aliphatic rings. The van der Waals surface area contributed by atoms with E-state index >= 15 is 0 Å². The summed E-state index contributed by atoms with van der Waals surface area (Å²) < 4.78 is 7.37. The van der Waals surface area contributed by atoms with E-state index in [1.165, 1.54) is 12.7 Å². The van der Waals surface area contributed by atoms with Crippen molar-refractivity contribution in [2.45, 2.75) is 32.2 Å². The number of oxazole rings is 1. The Morgan fingerprint density at radius 1 is 1.23 bits per heavy atom. The zero-order chi connectivity index (χ0) is 21.1. The normalized spacial score (nSPS) is 20.7. The highest BCUT2D eigenvalue weighted by Gasteiger charge is 2.29. The van der Waals surface area contributed by atoms with Gasteiger partial charge in [0, 0.05) is 11.5 Å². The van der Waals surface area contributed by atoms with Gasteiger partial charge in [-0.05, 0) is 50.3 Å². The van der Waals surface area contributed by atoms with Crippen molar-refractivity contribution < 1.29 is 4.42 Å². The zero-order valence-corrected chi connectivity index (χ0v) is 17.2. The summed E-state index contributed by atoms with van der Waals surface area (Å²) in [6, 6.07) is 6.00. The van der Waals surface area contributed by atoms with E-state index in [4.69, 9.17) is 21.0 Å². The van der Waals surface area contributed by atoms with Gasteiger partial charge in [-0.3, -0.25) is 0 Å². The Morgan fingerprint density at radius 3 is 2.90 bits per heavy atom. The SMILES string of the molecule is CC(CCC1=CC2C=CC2C1)n1nc(-c2ccc3oc(N)nc3c2)c2c(N)ncnc21. The number of anilines is 2. The Hall–Kier alpha value is -3.68. The van der Waals surface area contributed by atoms with E-state index in [0.717, 1.165) is 41.1 Å². The zero-order valence-electron chi connectivity index (χ0n) is 17.2. The fourth-order valence-corrected chi connectivity index (χ4v) is 4.72. The van der Waals surface area contributed by atoms with Crippen molar-refractivity contribution in [1.29, 1.82) is 0 Å². The number of nitrogens with two attached hydrogens (primary N) is 2. The molecule has 3 atom stereocenters. The summed E-state index contributed by atoms with van der Waals surface area (Å²) in [5, 5.41) is 5.69. The Bertz CT molecular complexity index is 1380. The van der Waals surface area contributed by atoms with Crippen molar-refractivity contribution in [3.05, 3.63) is 48.3 Å². The van der Waals surface area contributed by atoms with Crippen LogP contribution in [0.4, 0.5) is 11.8 Å². The van der Waals surface area contributed by atoms with Crippen molar-refractivity contribution in [3.8, 4) is 11.3 Å². The van der Waals surface area contributed by atoms with Crippen LogP contribution in [0.2, 0.25) is 0 Å². The van der Waals surface area contributed by atoms with E-state index in [1.54, 1.807) is 5.57 Å². The van der Waals surface area contributed by atoms with Gasteiger partial charge < -0.3 is 15.9 Å². The Kier molecular flexibility index (Phi) is 3.89. The van der Waals surface area contributed by atoms with E-state index in [9.17, 15) is 0 Å². The molecular weight excluding hydrogens is 390 g/mol. The smallest absolute Gasteiger partial charge is 0.292 e. The number of nitrogen functional groups attached to an aromatic ring is 2. The first-order valence-electron chi connectivity index (χ1n) is 10.6. The maximum Gasteiger partial charge on any atom is 0.292 e. The molecule has 156 valence electrons. The lowest BCUT2D eigenvalue weighted by molar-refractivity contribution is 0.465. The Balaban J connectivity index is 1.36. The maximum atomic E-state index is 6.26. The Labute approximate surface area is 178 Å². The molecule has 3 heterocycles. The monoisotopic (exact) mass is 413 g/mol. The molecule has 0 spiro atoms. The first-order chi connectivity index (χ1) is 15.1. The first kappa shape index (κ1) is 18.1. The average molecular weight is 413 g/mol. The molecule has 8 nitrogen and oxygen atoms in total. The molecule has 0 saturated carbocycles. The fourth-order valence-electron chi connectivity index (χ4n) is 4.72. The van der Waals surface area contributed by atoms with Crippen LogP contribution in [-0.4, -0.2) is 24.7 Å². The third-order valence-electron chi connectivity index (χ3n) is 6.50. The van der Waals surface area contributed by atoms with Crippen molar-refractivity contribution >= 4 is 34.0 Å². The van der Waals surface area contributed by atoms with Crippen LogP contribution < -0.4 is 11.5 Å². The second-order valence-corrected chi connectivity index (χ2v) is 8.53. The maximum absolute atomic E-state index is 6.26. The molecule has 8 heteroatoms. The number of rotatable bonds is 5. The predicted molar refractivity (Wildman–Crippen MR) is 120 cm³/mol. The summed E-state index contributed by atoms with van der Waals surface area (Å²) in [7, 11) is 0. The van der Waals surface area contributed by atoms with Gasteiger partial charge in [-0.25, -0.2) is 14.6 Å². The summed E-state index contributed by atoms with van der Waals surface area (Å²) >= 11 is 0. The van der Waals surface area contributed by atoms with E-state index < -0.39 is 0 Å². The van der Waals surface area contributed by atoms with E-state index in [1.807, 2.05) is 22.9 Å². The molecule has 0 radical (unpaired) electrons. The van der Waals surface area contributed by atoms with Crippen molar-refractivity contribution in [2.24, 2.45) is 11.8 Å². The molecule has 2 aliphatic carbocycles. The minimum Gasteiger partial charge on any atom is -0.424 e. The van der Waals surface area contributed by atoms with Crippen molar-refractivity contribution in [2.75, 3.05) is 11.5 Å². The van der Waals surface area contributed by atoms with Crippen molar-refractivity contribution in [1.82, 2.24) is 24.7 Å². The van der Waals surface area contributed by atoms with Gasteiger partial charge in [-0.1, -0.05) is 23.8 Å². The summed E-state index contributed by atoms with van der Waals surface area (Å²) in [6.07, 6.45) is 11.8. The van der Waals surface area contributed by atoms with Crippen molar-refractivity contribution in [3.63, 3.8) is 0 Å². The van der Waals surface area contributed by atoms with Gasteiger partial charge in [0.15, 0.2) is 11.2 Å². The quantitative estimate of drug-likeness (QED) is 0.468. The molecule has 6 rings (SSSR count). The largest absolute Gasteiger partial charge is 0.424 e. The van der Waals surface area contributed by atoms with E-state index in [0.29, 0.717) is 22.8 Å². The molecule has 0 amide bonds. The van der Waals surface area contributed by atoms with Gasteiger partial charge >= 0.3 is 0 Å². The molecule has 1 aromatic carbocycles. The minimum absolute atomic E-state index is 0.142. The molecule has 0 bridgehead atoms. The second-order valence-electron chi connectivity index (χ2n) is 8.53. The first-order valence-corrected chi connectivity index (χ1v) is 10.6. The number of fused-ring (bicyclic) bond motifs is 3. The molecular formula is C23H23N7O. The van der Waals surface area contributed by atoms with Gasteiger partial charge in [-0.15, -0.1) is 0 Å². The average Bonchev–Trinajstić information content (AvgIpc) is 3.39. The van der Waals surface area contributed by atoms with Crippen LogP contribution in [0.5, 0.6) is 0 Å². The molecule has 0 aliphatic heterocycles. The minimum atomic E-state index is 0.142. The third kappa shape index (κ3) is 2.90. The number of hydrogen-bond donors (Lipinski definition) is 2. The van der Waals surface area contributed by atoms with Crippen LogP contribution in [0.3, 0.4) is 0 Å². The Morgan fingerprint density at radius 2 is 2.13 bits per heavy atom. The van der Waals surface area contributed by atoms with Crippen LogP contribution in [0.25, 0.3) is 33.4 Å². The lowest BCUT2D eigenvalue weighted by atomic mass is 9.85. The van der Waals surface area contributed by atoms with Gasteiger partial charge in [-0.2, -0.15) is 10.1 Å². The topological polar surface area (TPSA) is 122 Å². The highest BCUT2D eigenvalue weighted by molar-refractivity contribution is 5.99. The summed E-state index contributed by atoms with van der Waals surface area (Å²) in [5.74, 6) is 1.81. The van der Waals surface area contributed by atoms with Gasteiger partial charge in [0.1, 0.15) is 23.4 Å². The summed E-state index contributed by atoms with van der Waals surface area (Å²) in [5.41, 5.74) is 17.2. The number of allylic oxidation sites excluding steroid dienone is 4.